The van der Waals surface area contributed by atoms with Gasteiger partial charge in [0, 0.05) is 25.9 Å². The monoisotopic (exact) mass is 304 g/mol. The van der Waals surface area contributed by atoms with Gasteiger partial charge in [0.1, 0.15) is 0 Å². The van der Waals surface area contributed by atoms with Crippen molar-refractivity contribution in [3.63, 3.8) is 0 Å². The average molecular weight is 304 g/mol. The summed E-state index contributed by atoms with van der Waals surface area (Å²) in [4.78, 5) is 23.3. The molecule has 0 bridgehead atoms. The second kappa shape index (κ2) is 9.23. The van der Waals surface area contributed by atoms with Crippen LogP contribution in [0.25, 0.3) is 0 Å². The van der Waals surface area contributed by atoms with Gasteiger partial charge in [0.05, 0.1) is 0 Å². The lowest BCUT2D eigenvalue weighted by Crippen LogP contribution is -2.30. The van der Waals surface area contributed by atoms with Crippen LogP contribution >= 0.6 is 0 Å². The number of carbonyl (C=O) groups is 2. The zero-order chi connectivity index (χ0) is 16.4. The van der Waals surface area contributed by atoms with Crippen LogP contribution in [0, 0.1) is 5.41 Å². The van der Waals surface area contributed by atoms with Crippen LogP contribution in [0.5, 0.6) is 0 Å². The summed E-state index contributed by atoms with van der Waals surface area (Å²) in [5, 5.41) is 5.76. The van der Waals surface area contributed by atoms with E-state index in [1.165, 1.54) is 5.56 Å². The molecule has 0 aliphatic carbocycles. The van der Waals surface area contributed by atoms with E-state index in [0.29, 0.717) is 32.4 Å². The maximum absolute atomic E-state index is 11.7. The average Bonchev–Trinajstić information content (AvgIpc) is 2.43. The van der Waals surface area contributed by atoms with Gasteiger partial charge in [-0.05, 0) is 23.8 Å². The quantitative estimate of drug-likeness (QED) is 0.725. The van der Waals surface area contributed by atoms with Crippen molar-refractivity contribution in [1.82, 2.24) is 10.6 Å². The molecule has 0 radical (unpaired) electrons. The third-order valence-electron chi connectivity index (χ3n) is 3.17. The van der Waals surface area contributed by atoms with E-state index in [1.807, 2.05) is 39.0 Å². The lowest BCUT2D eigenvalue weighted by Gasteiger charge is -2.17. The van der Waals surface area contributed by atoms with Crippen molar-refractivity contribution < 1.29 is 9.59 Å². The molecule has 0 fully saturated rings. The second-order valence-electron chi connectivity index (χ2n) is 6.78. The fourth-order valence-electron chi connectivity index (χ4n) is 2.10. The number of benzene rings is 1. The largest absolute Gasteiger partial charge is 0.356 e. The van der Waals surface area contributed by atoms with Gasteiger partial charge in [-0.25, -0.2) is 0 Å². The zero-order valence-electron chi connectivity index (χ0n) is 13.9. The van der Waals surface area contributed by atoms with Crippen molar-refractivity contribution in [2.45, 2.75) is 46.5 Å². The number of amides is 2. The molecule has 0 atom stereocenters. The van der Waals surface area contributed by atoms with E-state index in [9.17, 15) is 9.59 Å². The first-order valence-electron chi connectivity index (χ1n) is 7.94. The Morgan fingerprint density at radius 1 is 0.955 bits per heavy atom. The van der Waals surface area contributed by atoms with Crippen LogP contribution < -0.4 is 10.6 Å². The third kappa shape index (κ3) is 9.16. The molecule has 0 spiro atoms. The van der Waals surface area contributed by atoms with Crippen LogP contribution in [-0.4, -0.2) is 24.9 Å². The van der Waals surface area contributed by atoms with Crippen molar-refractivity contribution in [1.29, 1.82) is 0 Å². The lowest BCUT2D eigenvalue weighted by molar-refractivity contribution is -0.124. The van der Waals surface area contributed by atoms with Crippen molar-refractivity contribution in [2.75, 3.05) is 13.1 Å². The summed E-state index contributed by atoms with van der Waals surface area (Å²) < 4.78 is 0. The SMILES string of the molecule is CC(C)(C)CC(=O)NCCCC(=O)NCCc1ccccc1. The maximum atomic E-state index is 11.7. The molecular weight excluding hydrogens is 276 g/mol. The van der Waals surface area contributed by atoms with E-state index in [-0.39, 0.29) is 17.2 Å². The van der Waals surface area contributed by atoms with E-state index in [4.69, 9.17) is 0 Å². The summed E-state index contributed by atoms with van der Waals surface area (Å²) in [5.41, 5.74) is 1.22. The molecule has 2 N–H and O–H groups in total. The third-order valence-corrected chi connectivity index (χ3v) is 3.17. The Bertz CT molecular complexity index is 464. The Labute approximate surface area is 133 Å². The number of rotatable bonds is 8. The molecule has 2 amide bonds. The van der Waals surface area contributed by atoms with Crippen molar-refractivity contribution in [3.8, 4) is 0 Å². The highest BCUT2D eigenvalue weighted by atomic mass is 16.2. The summed E-state index contributed by atoms with van der Waals surface area (Å²) in [6.07, 6.45) is 2.48. The van der Waals surface area contributed by atoms with Gasteiger partial charge in [-0.1, -0.05) is 51.1 Å². The van der Waals surface area contributed by atoms with Gasteiger partial charge in [0.2, 0.25) is 11.8 Å². The summed E-state index contributed by atoms with van der Waals surface area (Å²) in [6.45, 7) is 7.31. The molecule has 0 aliphatic rings. The first-order chi connectivity index (χ1) is 10.4. The maximum Gasteiger partial charge on any atom is 0.220 e. The van der Waals surface area contributed by atoms with Gasteiger partial charge in [-0.3, -0.25) is 9.59 Å². The van der Waals surface area contributed by atoms with Crippen molar-refractivity contribution in [3.05, 3.63) is 35.9 Å². The molecule has 0 saturated heterocycles. The van der Waals surface area contributed by atoms with Gasteiger partial charge in [0.25, 0.3) is 0 Å². The van der Waals surface area contributed by atoms with Gasteiger partial charge in [-0.15, -0.1) is 0 Å². The van der Waals surface area contributed by atoms with Gasteiger partial charge in [0.15, 0.2) is 0 Å². The predicted octanol–water partition coefficient (Wildman–Crippen LogP) is 2.68. The Balaban J connectivity index is 2.05. The molecule has 0 aliphatic heterocycles. The Morgan fingerprint density at radius 2 is 1.59 bits per heavy atom. The van der Waals surface area contributed by atoms with E-state index in [2.05, 4.69) is 22.8 Å². The zero-order valence-corrected chi connectivity index (χ0v) is 13.9. The highest BCUT2D eigenvalue weighted by Crippen LogP contribution is 2.17. The molecule has 4 heteroatoms. The predicted molar refractivity (Wildman–Crippen MR) is 89.5 cm³/mol. The summed E-state index contributed by atoms with van der Waals surface area (Å²) in [5.74, 6) is 0.0954. The highest BCUT2D eigenvalue weighted by Gasteiger charge is 2.15. The normalized spacial score (nSPS) is 11.0. The molecular formula is C18H28N2O2. The molecule has 4 nitrogen and oxygen atoms in total. The van der Waals surface area contributed by atoms with E-state index < -0.39 is 0 Å². The minimum Gasteiger partial charge on any atom is -0.356 e. The summed E-state index contributed by atoms with van der Waals surface area (Å²) in [7, 11) is 0. The van der Waals surface area contributed by atoms with Gasteiger partial charge < -0.3 is 10.6 Å². The number of hydrogen-bond acceptors (Lipinski definition) is 2. The minimum atomic E-state index is -0.00109. The lowest BCUT2D eigenvalue weighted by atomic mass is 9.92. The first kappa shape index (κ1) is 18.2. The number of hydrogen-bond donors (Lipinski definition) is 2. The summed E-state index contributed by atoms with van der Waals surface area (Å²) >= 11 is 0. The highest BCUT2D eigenvalue weighted by molar-refractivity contribution is 5.77. The van der Waals surface area contributed by atoms with E-state index >= 15 is 0 Å². The van der Waals surface area contributed by atoms with Crippen molar-refractivity contribution in [2.24, 2.45) is 5.41 Å². The van der Waals surface area contributed by atoms with Crippen LogP contribution in [0.3, 0.4) is 0 Å². The molecule has 1 aromatic carbocycles. The Hall–Kier alpha value is -1.84. The molecule has 0 aromatic heterocycles. The topological polar surface area (TPSA) is 58.2 Å². The standard InChI is InChI=1S/C18H28N2O2/c1-18(2,3)14-17(22)19-12-7-10-16(21)20-13-11-15-8-5-4-6-9-15/h4-6,8-9H,7,10-14H2,1-3H3,(H,19,22)(H,20,21). The van der Waals surface area contributed by atoms with Crippen LogP contribution in [0.15, 0.2) is 30.3 Å². The summed E-state index contributed by atoms with van der Waals surface area (Å²) in [6, 6.07) is 10.1. The fourth-order valence-corrected chi connectivity index (χ4v) is 2.10. The van der Waals surface area contributed by atoms with Crippen LogP contribution in [0.1, 0.15) is 45.6 Å². The molecule has 1 aromatic rings. The molecule has 122 valence electrons. The minimum absolute atomic E-state index is 0.00109. The van der Waals surface area contributed by atoms with E-state index in [1.54, 1.807) is 0 Å². The van der Waals surface area contributed by atoms with Crippen LogP contribution in [0.2, 0.25) is 0 Å². The molecule has 0 unspecified atom stereocenters. The molecule has 0 heterocycles. The second-order valence-corrected chi connectivity index (χ2v) is 6.78. The Kier molecular flexibility index (Phi) is 7.64. The molecule has 1 rings (SSSR count). The van der Waals surface area contributed by atoms with Gasteiger partial charge >= 0.3 is 0 Å². The van der Waals surface area contributed by atoms with Crippen LogP contribution in [0.4, 0.5) is 0 Å². The number of carbonyl (C=O) groups excluding carboxylic acids is 2. The Morgan fingerprint density at radius 3 is 2.23 bits per heavy atom. The molecule has 22 heavy (non-hydrogen) atoms. The van der Waals surface area contributed by atoms with Crippen molar-refractivity contribution >= 4 is 11.8 Å². The van der Waals surface area contributed by atoms with Crippen LogP contribution in [-0.2, 0) is 16.0 Å². The van der Waals surface area contributed by atoms with E-state index in [0.717, 1.165) is 6.42 Å². The number of nitrogens with one attached hydrogen (secondary N) is 2. The molecule has 0 saturated carbocycles. The van der Waals surface area contributed by atoms with Gasteiger partial charge in [-0.2, -0.15) is 0 Å². The fraction of sp³-hybridized carbons (Fsp3) is 0.556. The first-order valence-corrected chi connectivity index (χ1v) is 7.94. The smallest absolute Gasteiger partial charge is 0.220 e.